The van der Waals surface area contributed by atoms with E-state index in [1.807, 2.05) is 0 Å². The van der Waals surface area contributed by atoms with Crippen molar-refractivity contribution in [2.75, 3.05) is 0 Å². The van der Waals surface area contributed by atoms with Crippen molar-refractivity contribution in [1.82, 2.24) is 10.2 Å². The lowest BCUT2D eigenvalue weighted by atomic mass is 10.1. The highest BCUT2D eigenvalue weighted by atomic mass is 19.4. The van der Waals surface area contributed by atoms with Gasteiger partial charge in [0, 0.05) is 11.8 Å². The SMILES string of the molecule is Fc1cc(-c2ccn[nH]2)ccc1C(F)(F)F. The third kappa shape index (κ3) is 1.91. The number of alkyl halides is 3. The monoisotopic (exact) mass is 230 g/mol. The number of nitrogens with one attached hydrogen (secondary N) is 1. The summed E-state index contributed by atoms with van der Waals surface area (Å²) in [5.74, 6) is -1.29. The molecule has 1 N–H and O–H groups in total. The average Bonchev–Trinajstić information content (AvgIpc) is 2.68. The zero-order valence-electron chi connectivity index (χ0n) is 7.85. The highest BCUT2D eigenvalue weighted by Gasteiger charge is 2.33. The first-order chi connectivity index (χ1) is 7.48. The van der Waals surface area contributed by atoms with E-state index in [-0.39, 0.29) is 0 Å². The molecular formula is C10H6F4N2. The molecule has 0 bridgehead atoms. The van der Waals surface area contributed by atoms with Crippen LogP contribution < -0.4 is 0 Å². The molecule has 0 aliphatic heterocycles. The Morgan fingerprint density at radius 3 is 2.38 bits per heavy atom. The number of halogens is 4. The molecule has 0 spiro atoms. The van der Waals surface area contributed by atoms with Crippen LogP contribution in [0.15, 0.2) is 30.5 Å². The predicted molar refractivity (Wildman–Crippen MR) is 49.0 cm³/mol. The van der Waals surface area contributed by atoms with E-state index in [0.29, 0.717) is 17.3 Å². The molecule has 2 aromatic rings. The van der Waals surface area contributed by atoms with Gasteiger partial charge in [0.05, 0.1) is 11.3 Å². The van der Waals surface area contributed by atoms with Crippen molar-refractivity contribution in [1.29, 1.82) is 0 Å². The summed E-state index contributed by atoms with van der Waals surface area (Å²) >= 11 is 0. The van der Waals surface area contributed by atoms with Crippen molar-refractivity contribution < 1.29 is 17.6 Å². The van der Waals surface area contributed by atoms with Crippen LogP contribution in [0.25, 0.3) is 11.3 Å². The second kappa shape index (κ2) is 3.62. The first kappa shape index (κ1) is 10.7. The molecule has 2 nitrogen and oxygen atoms in total. The molecule has 2 rings (SSSR count). The minimum absolute atomic E-state index is 0.322. The van der Waals surface area contributed by atoms with Crippen molar-refractivity contribution in [2.24, 2.45) is 0 Å². The third-order valence-electron chi connectivity index (χ3n) is 2.09. The lowest BCUT2D eigenvalue weighted by Gasteiger charge is -2.08. The van der Waals surface area contributed by atoms with Crippen LogP contribution in [0.3, 0.4) is 0 Å². The molecule has 0 atom stereocenters. The maximum absolute atomic E-state index is 13.2. The standard InChI is InChI=1S/C10H6F4N2/c11-8-5-6(9-3-4-15-16-9)1-2-7(8)10(12,13)14/h1-5H,(H,15,16). The summed E-state index contributed by atoms with van der Waals surface area (Å²) in [4.78, 5) is 0. The van der Waals surface area contributed by atoms with E-state index < -0.39 is 17.6 Å². The minimum atomic E-state index is -4.67. The van der Waals surface area contributed by atoms with Gasteiger partial charge in [-0.2, -0.15) is 18.3 Å². The number of nitrogens with zero attached hydrogens (tertiary/aromatic N) is 1. The Morgan fingerprint density at radius 2 is 1.88 bits per heavy atom. The van der Waals surface area contributed by atoms with E-state index in [1.165, 1.54) is 12.3 Å². The largest absolute Gasteiger partial charge is 0.419 e. The summed E-state index contributed by atoms with van der Waals surface area (Å²) < 4.78 is 50.0. The number of aromatic nitrogens is 2. The van der Waals surface area contributed by atoms with Crippen LogP contribution in [0, 0.1) is 5.82 Å². The van der Waals surface area contributed by atoms with Gasteiger partial charge in [0.1, 0.15) is 5.82 Å². The summed E-state index contributed by atoms with van der Waals surface area (Å²) in [6.07, 6.45) is -3.23. The Balaban J connectivity index is 2.45. The van der Waals surface area contributed by atoms with Crippen LogP contribution in [0.5, 0.6) is 0 Å². The quantitative estimate of drug-likeness (QED) is 0.748. The van der Waals surface area contributed by atoms with Gasteiger partial charge in [-0.25, -0.2) is 4.39 Å². The smallest absolute Gasteiger partial charge is 0.278 e. The fourth-order valence-corrected chi connectivity index (χ4v) is 1.33. The average molecular weight is 230 g/mol. The number of benzene rings is 1. The summed E-state index contributed by atoms with van der Waals surface area (Å²) in [5.41, 5.74) is -0.480. The molecule has 1 aromatic heterocycles. The highest BCUT2D eigenvalue weighted by molar-refractivity contribution is 5.59. The first-order valence-electron chi connectivity index (χ1n) is 4.35. The van der Waals surface area contributed by atoms with Gasteiger partial charge in [0.25, 0.3) is 0 Å². The molecule has 1 aromatic carbocycles. The maximum atomic E-state index is 13.2. The molecule has 0 radical (unpaired) electrons. The lowest BCUT2D eigenvalue weighted by Crippen LogP contribution is -2.07. The molecule has 0 amide bonds. The number of rotatable bonds is 1. The molecular weight excluding hydrogens is 224 g/mol. The van der Waals surface area contributed by atoms with Crippen molar-refractivity contribution in [3.8, 4) is 11.3 Å². The molecule has 0 unspecified atom stereocenters. The minimum Gasteiger partial charge on any atom is -0.278 e. The normalized spacial score (nSPS) is 11.8. The molecule has 1 heterocycles. The second-order valence-corrected chi connectivity index (χ2v) is 3.16. The maximum Gasteiger partial charge on any atom is 0.419 e. The predicted octanol–water partition coefficient (Wildman–Crippen LogP) is 3.23. The Morgan fingerprint density at radius 1 is 1.12 bits per heavy atom. The summed E-state index contributed by atoms with van der Waals surface area (Å²) in [5, 5.41) is 6.17. The molecule has 0 fully saturated rings. The van der Waals surface area contributed by atoms with E-state index in [4.69, 9.17) is 0 Å². The van der Waals surface area contributed by atoms with E-state index in [0.717, 1.165) is 6.07 Å². The zero-order chi connectivity index (χ0) is 11.8. The van der Waals surface area contributed by atoms with Crippen molar-refractivity contribution >= 4 is 0 Å². The van der Waals surface area contributed by atoms with Gasteiger partial charge in [0.15, 0.2) is 0 Å². The topological polar surface area (TPSA) is 28.7 Å². The van der Waals surface area contributed by atoms with Gasteiger partial charge < -0.3 is 0 Å². The highest BCUT2D eigenvalue weighted by Crippen LogP contribution is 2.32. The molecule has 0 saturated heterocycles. The van der Waals surface area contributed by atoms with Gasteiger partial charge in [-0.05, 0) is 18.2 Å². The van der Waals surface area contributed by atoms with Gasteiger partial charge in [0.2, 0.25) is 0 Å². The van der Waals surface area contributed by atoms with Crippen LogP contribution in [-0.4, -0.2) is 10.2 Å². The van der Waals surface area contributed by atoms with Crippen LogP contribution in [0.4, 0.5) is 17.6 Å². The van der Waals surface area contributed by atoms with Crippen LogP contribution in [0.2, 0.25) is 0 Å². The molecule has 6 heteroatoms. The Bertz CT molecular complexity index is 488. The van der Waals surface area contributed by atoms with E-state index in [9.17, 15) is 17.6 Å². The van der Waals surface area contributed by atoms with Gasteiger partial charge >= 0.3 is 6.18 Å². The summed E-state index contributed by atoms with van der Waals surface area (Å²) in [6.45, 7) is 0. The summed E-state index contributed by atoms with van der Waals surface area (Å²) in [7, 11) is 0. The lowest BCUT2D eigenvalue weighted by molar-refractivity contribution is -0.139. The van der Waals surface area contributed by atoms with Gasteiger partial charge in [-0.3, -0.25) is 5.10 Å². The van der Waals surface area contributed by atoms with Crippen molar-refractivity contribution in [3.05, 3.63) is 41.8 Å². The van der Waals surface area contributed by atoms with Crippen molar-refractivity contribution in [3.63, 3.8) is 0 Å². The molecule has 0 aliphatic carbocycles. The number of hydrogen-bond acceptors (Lipinski definition) is 1. The Kier molecular flexibility index (Phi) is 2.41. The van der Waals surface area contributed by atoms with E-state index in [1.54, 1.807) is 6.07 Å². The second-order valence-electron chi connectivity index (χ2n) is 3.16. The van der Waals surface area contributed by atoms with Crippen LogP contribution >= 0.6 is 0 Å². The third-order valence-corrected chi connectivity index (χ3v) is 2.09. The zero-order valence-corrected chi connectivity index (χ0v) is 7.85. The fourth-order valence-electron chi connectivity index (χ4n) is 1.33. The number of H-pyrrole nitrogens is 1. The van der Waals surface area contributed by atoms with E-state index >= 15 is 0 Å². The summed E-state index contributed by atoms with van der Waals surface area (Å²) in [6, 6.07) is 4.28. The van der Waals surface area contributed by atoms with Gasteiger partial charge in [-0.1, -0.05) is 6.07 Å². The Labute approximate surface area is 87.9 Å². The molecule has 0 saturated carbocycles. The van der Waals surface area contributed by atoms with E-state index in [2.05, 4.69) is 10.2 Å². The fraction of sp³-hybridized carbons (Fsp3) is 0.100. The number of aromatic amines is 1. The number of hydrogen-bond donors (Lipinski definition) is 1. The first-order valence-corrected chi connectivity index (χ1v) is 4.35. The van der Waals surface area contributed by atoms with Crippen LogP contribution in [-0.2, 0) is 6.18 Å². The molecule has 0 aliphatic rings. The molecule has 16 heavy (non-hydrogen) atoms. The van der Waals surface area contributed by atoms with Gasteiger partial charge in [-0.15, -0.1) is 0 Å². The van der Waals surface area contributed by atoms with Crippen molar-refractivity contribution in [2.45, 2.75) is 6.18 Å². The molecule has 84 valence electrons. The van der Waals surface area contributed by atoms with Crippen LogP contribution in [0.1, 0.15) is 5.56 Å². The Hall–Kier alpha value is -1.85.